The van der Waals surface area contributed by atoms with Crippen molar-refractivity contribution in [3.05, 3.63) is 0 Å². The van der Waals surface area contributed by atoms with Crippen molar-refractivity contribution in [1.82, 2.24) is 0 Å². The summed E-state index contributed by atoms with van der Waals surface area (Å²) in [5.41, 5.74) is 5.27. The molecule has 0 spiro atoms. The summed E-state index contributed by atoms with van der Waals surface area (Å²) in [6.07, 6.45) is 0.892. The number of hydrogen-bond donors (Lipinski definition) is 3. The summed E-state index contributed by atoms with van der Waals surface area (Å²) in [4.78, 5) is 29.7. The molecule has 0 unspecified atom stereocenters. The summed E-state index contributed by atoms with van der Waals surface area (Å²) in [6, 6.07) is -0.699. The van der Waals surface area contributed by atoms with Crippen LogP contribution in [0.2, 0.25) is 0 Å². The maximum atomic E-state index is 10.2. The average molecular weight is 233 g/mol. The van der Waals surface area contributed by atoms with Gasteiger partial charge in [0.2, 0.25) is 5.78 Å². The third-order valence-electron chi connectivity index (χ3n) is 2.10. The van der Waals surface area contributed by atoms with E-state index in [1.807, 2.05) is 13.8 Å². The molecule has 2 atom stereocenters. The SMILES string of the molecule is CCC(=O)C(=O)O.CC[C@H](C)[C@H](N)C(=O)O. The van der Waals surface area contributed by atoms with Gasteiger partial charge in [-0.2, -0.15) is 0 Å². The van der Waals surface area contributed by atoms with Crippen molar-refractivity contribution in [1.29, 1.82) is 0 Å². The van der Waals surface area contributed by atoms with Crippen molar-refractivity contribution in [3.63, 3.8) is 0 Å². The highest BCUT2D eigenvalue weighted by molar-refractivity contribution is 6.32. The van der Waals surface area contributed by atoms with E-state index >= 15 is 0 Å². The summed E-state index contributed by atoms with van der Waals surface area (Å²) < 4.78 is 0. The molecule has 0 bridgehead atoms. The van der Waals surface area contributed by atoms with E-state index in [9.17, 15) is 14.4 Å². The minimum Gasteiger partial charge on any atom is -0.480 e. The average Bonchev–Trinajstić information content (AvgIpc) is 2.26. The molecule has 6 heteroatoms. The van der Waals surface area contributed by atoms with Gasteiger partial charge in [0.1, 0.15) is 6.04 Å². The molecule has 0 aromatic heterocycles. The van der Waals surface area contributed by atoms with Crippen LogP contribution in [0.1, 0.15) is 33.6 Å². The smallest absolute Gasteiger partial charge is 0.372 e. The topological polar surface area (TPSA) is 118 Å². The molecule has 0 aromatic rings. The molecule has 94 valence electrons. The summed E-state index contributed by atoms with van der Waals surface area (Å²) >= 11 is 0. The van der Waals surface area contributed by atoms with Crippen LogP contribution in [0, 0.1) is 5.92 Å². The van der Waals surface area contributed by atoms with Crippen LogP contribution in [0.5, 0.6) is 0 Å². The molecular formula is C10H19NO5. The van der Waals surface area contributed by atoms with Crippen molar-refractivity contribution in [2.45, 2.75) is 39.7 Å². The Kier molecular flexibility index (Phi) is 9.39. The second kappa shape index (κ2) is 8.84. The van der Waals surface area contributed by atoms with Gasteiger partial charge < -0.3 is 15.9 Å². The Morgan fingerprint density at radius 3 is 1.69 bits per heavy atom. The zero-order chi connectivity index (χ0) is 13.3. The van der Waals surface area contributed by atoms with Crippen LogP contribution >= 0.6 is 0 Å². The molecule has 0 aliphatic carbocycles. The molecule has 0 saturated heterocycles. The van der Waals surface area contributed by atoms with Crippen molar-refractivity contribution >= 4 is 17.7 Å². The third kappa shape index (κ3) is 7.93. The van der Waals surface area contributed by atoms with E-state index in [2.05, 4.69) is 0 Å². The molecule has 0 saturated carbocycles. The largest absolute Gasteiger partial charge is 0.480 e. The van der Waals surface area contributed by atoms with Crippen LogP contribution in [0.25, 0.3) is 0 Å². The fourth-order valence-electron chi connectivity index (χ4n) is 0.649. The van der Waals surface area contributed by atoms with Crippen LogP contribution < -0.4 is 5.73 Å². The third-order valence-corrected chi connectivity index (χ3v) is 2.10. The molecule has 0 aliphatic rings. The molecule has 0 aromatic carbocycles. The monoisotopic (exact) mass is 233 g/mol. The summed E-state index contributed by atoms with van der Waals surface area (Å²) in [7, 11) is 0. The van der Waals surface area contributed by atoms with Gasteiger partial charge in [0, 0.05) is 6.42 Å². The first-order valence-electron chi connectivity index (χ1n) is 5.02. The number of carbonyl (C=O) groups excluding carboxylic acids is 1. The van der Waals surface area contributed by atoms with Gasteiger partial charge >= 0.3 is 11.9 Å². The second-order valence-corrected chi connectivity index (χ2v) is 3.33. The highest BCUT2D eigenvalue weighted by atomic mass is 16.4. The van der Waals surface area contributed by atoms with Gasteiger partial charge in [-0.05, 0) is 5.92 Å². The Morgan fingerprint density at radius 2 is 1.62 bits per heavy atom. The van der Waals surface area contributed by atoms with Gasteiger partial charge in [-0.1, -0.05) is 27.2 Å². The molecule has 0 heterocycles. The van der Waals surface area contributed by atoms with Crippen LogP contribution in [0.15, 0.2) is 0 Å². The lowest BCUT2D eigenvalue weighted by atomic mass is 10.0. The van der Waals surface area contributed by atoms with Crippen LogP contribution in [-0.4, -0.2) is 34.0 Å². The van der Waals surface area contributed by atoms with E-state index in [4.69, 9.17) is 15.9 Å². The molecular weight excluding hydrogens is 214 g/mol. The minimum atomic E-state index is -1.34. The number of Topliss-reactive ketones (excluding diaryl/α,β-unsaturated/α-hetero) is 1. The molecule has 0 amide bonds. The number of nitrogens with two attached hydrogens (primary N) is 1. The Morgan fingerprint density at radius 1 is 1.19 bits per heavy atom. The lowest BCUT2D eigenvalue weighted by Gasteiger charge is -2.11. The number of carboxylic acids is 2. The lowest BCUT2D eigenvalue weighted by Crippen LogP contribution is -2.36. The van der Waals surface area contributed by atoms with E-state index in [1.54, 1.807) is 0 Å². The fraction of sp³-hybridized carbons (Fsp3) is 0.700. The Hall–Kier alpha value is -1.43. The Bertz CT molecular complexity index is 252. The first-order valence-corrected chi connectivity index (χ1v) is 5.02. The molecule has 6 nitrogen and oxygen atoms in total. The van der Waals surface area contributed by atoms with Crippen molar-refractivity contribution in [3.8, 4) is 0 Å². The zero-order valence-corrected chi connectivity index (χ0v) is 9.77. The van der Waals surface area contributed by atoms with Gasteiger partial charge in [0.15, 0.2) is 0 Å². The number of hydrogen-bond acceptors (Lipinski definition) is 4. The van der Waals surface area contributed by atoms with Gasteiger partial charge in [-0.15, -0.1) is 0 Å². The number of aliphatic carboxylic acids is 2. The molecule has 16 heavy (non-hydrogen) atoms. The second-order valence-electron chi connectivity index (χ2n) is 3.33. The quantitative estimate of drug-likeness (QED) is 0.595. The predicted octanol–water partition coefficient (Wildman–Crippen LogP) is 0.495. The van der Waals surface area contributed by atoms with E-state index in [-0.39, 0.29) is 12.3 Å². The lowest BCUT2D eigenvalue weighted by molar-refractivity contribution is -0.148. The van der Waals surface area contributed by atoms with Crippen LogP contribution in [-0.2, 0) is 14.4 Å². The highest BCUT2D eigenvalue weighted by Gasteiger charge is 2.17. The molecule has 0 fully saturated rings. The predicted molar refractivity (Wildman–Crippen MR) is 58.0 cm³/mol. The number of rotatable bonds is 5. The van der Waals surface area contributed by atoms with Crippen molar-refractivity contribution < 1.29 is 24.6 Å². The summed E-state index contributed by atoms with van der Waals surface area (Å²) in [6.45, 7) is 5.27. The van der Waals surface area contributed by atoms with Gasteiger partial charge in [0.05, 0.1) is 0 Å². The van der Waals surface area contributed by atoms with Gasteiger partial charge in [-0.25, -0.2) is 4.79 Å². The summed E-state index contributed by atoms with van der Waals surface area (Å²) in [5, 5.41) is 16.2. The first-order chi connectivity index (χ1) is 7.27. The molecule has 0 radical (unpaired) electrons. The fourth-order valence-corrected chi connectivity index (χ4v) is 0.649. The molecule has 4 N–H and O–H groups in total. The molecule has 0 aliphatic heterocycles. The maximum absolute atomic E-state index is 10.2. The van der Waals surface area contributed by atoms with E-state index < -0.39 is 23.8 Å². The van der Waals surface area contributed by atoms with Crippen molar-refractivity contribution in [2.75, 3.05) is 0 Å². The van der Waals surface area contributed by atoms with Crippen LogP contribution in [0.3, 0.4) is 0 Å². The van der Waals surface area contributed by atoms with E-state index in [1.165, 1.54) is 6.92 Å². The number of carbonyl (C=O) groups is 3. The Balaban J connectivity index is 0. The normalized spacial score (nSPS) is 13.0. The first kappa shape index (κ1) is 17.0. The van der Waals surface area contributed by atoms with Crippen LogP contribution in [0.4, 0.5) is 0 Å². The number of ketones is 1. The zero-order valence-electron chi connectivity index (χ0n) is 9.77. The highest BCUT2D eigenvalue weighted by Crippen LogP contribution is 2.04. The van der Waals surface area contributed by atoms with E-state index in [0.29, 0.717) is 0 Å². The summed E-state index contributed by atoms with van der Waals surface area (Å²) in [5.74, 6) is -2.92. The number of carboxylic acid groups (broad SMARTS) is 2. The van der Waals surface area contributed by atoms with Gasteiger partial charge in [-0.3, -0.25) is 9.59 Å². The molecule has 0 rings (SSSR count). The maximum Gasteiger partial charge on any atom is 0.372 e. The van der Waals surface area contributed by atoms with Gasteiger partial charge in [0.25, 0.3) is 0 Å². The van der Waals surface area contributed by atoms with Crippen molar-refractivity contribution in [2.24, 2.45) is 11.7 Å². The minimum absolute atomic E-state index is 0.0718. The van der Waals surface area contributed by atoms with E-state index in [0.717, 1.165) is 6.42 Å². The standard InChI is InChI=1S/C6H13NO2.C4H6O3/c1-3-4(2)5(7)6(8)9;1-2-3(5)4(6)7/h4-5H,3,7H2,1-2H3,(H,8,9);2H2,1H3,(H,6,7)/t4-,5-;/m0./s1. The Labute approximate surface area is 94.4 Å².